The van der Waals surface area contributed by atoms with Crippen molar-refractivity contribution < 1.29 is 26.4 Å². The maximum Gasteiger partial charge on any atom is 0.416 e. The number of nitrogens with zero attached hydrogens (tertiary/aromatic N) is 1. The van der Waals surface area contributed by atoms with Crippen LogP contribution in [0.1, 0.15) is 28.8 Å². The molecule has 0 bridgehead atoms. The summed E-state index contributed by atoms with van der Waals surface area (Å²) in [5, 5.41) is 1.47. The number of halogens is 3. The fourth-order valence-electron chi connectivity index (χ4n) is 2.61. The smallest absolute Gasteiger partial charge is 0.339 e. The summed E-state index contributed by atoms with van der Waals surface area (Å²) in [7, 11) is -3.98. The topological polar surface area (TPSA) is 66.5 Å². The van der Waals surface area contributed by atoms with E-state index in [1.54, 1.807) is 4.90 Å². The molecule has 2 aromatic rings. The van der Waals surface area contributed by atoms with Gasteiger partial charge in [-0.1, -0.05) is 0 Å². The number of carbonyl (C=O) groups is 1. The quantitative estimate of drug-likeness (QED) is 0.843. The Balaban J connectivity index is 1.75. The van der Waals surface area contributed by atoms with Crippen LogP contribution < -0.4 is 4.72 Å². The minimum Gasteiger partial charge on any atom is -0.339 e. The molecule has 1 saturated heterocycles. The van der Waals surface area contributed by atoms with Gasteiger partial charge in [0.1, 0.15) is 4.21 Å². The van der Waals surface area contributed by atoms with Crippen molar-refractivity contribution in [3.8, 4) is 0 Å². The number of hydrogen-bond donors (Lipinski definition) is 1. The lowest BCUT2D eigenvalue weighted by Crippen LogP contribution is -2.27. The standard InChI is InChI=1S/C16H15F3N2O3S2/c17-16(18,19)12-3-5-13(6-4-12)20-26(23,24)14-9-11(10-25-14)15(22)21-7-1-2-8-21/h3-6,9-10,20H,1-2,7-8H2. The number of hydrogen-bond acceptors (Lipinski definition) is 4. The summed E-state index contributed by atoms with van der Waals surface area (Å²) in [6, 6.07) is 4.98. The zero-order valence-electron chi connectivity index (χ0n) is 13.4. The van der Waals surface area contributed by atoms with Gasteiger partial charge < -0.3 is 4.90 Å². The van der Waals surface area contributed by atoms with E-state index < -0.39 is 21.8 Å². The molecular formula is C16H15F3N2O3S2. The lowest BCUT2D eigenvalue weighted by atomic mass is 10.2. The number of nitrogens with one attached hydrogen (secondary N) is 1. The maximum atomic E-state index is 12.6. The molecule has 1 amide bonds. The molecule has 26 heavy (non-hydrogen) atoms. The molecule has 1 aliphatic rings. The molecule has 2 heterocycles. The van der Waals surface area contributed by atoms with Crippen LogP contribution in [0.2, 0.25) is 0 Å². The minimum absolute atomic E-state index is 0.0128. The van der Waals surface area contributed by atoms with Crippen molar-refractivity contribution in [3.63, 3.8) is 0 Å². The van der Waals surface area contributed by atoms with Gasteiger partial charge >= 0.3 is 6.18 Å². The second-order valence-electron chi connectivity index (χ2n) is 5.83. The Morgan fingerprint density at radius 3 is 2.31 bits per heavy atom. The molecule has 0 radical (unpaired) electrons. The zero-order chi connectivity index (χ0) is 18.9. The monoisotopic (exact) mass is 404 g/mol. The van der Waals surface area contributed by atoms with Crippen molar-refractivity contribution >= 4 is 33.0 Å². The molecule has 1 aliphatic heterocycles. The number of alkyl halides is 3. The number of anilines is 1. The fourth-order valence-corrected chi connectivity index (χ4v) is 4.82. The predicted molar refractivity (Wildman–Crippen MR) is 91.7 cm³/mol. The molecule has 3 rings (SSSR count). The number of rotatable bonds is 4. The van der Waals surface area contributed by atoms with Gasteiger partial charge in [0.05, 0.1) is 11.1 Å². The van der Waals surface area contributed by atoms with Gasteiger partial charge in [0.2, 0.25) is 0 Å². The molecule has 0 saturated carbocycles. The highest BCUT2D eigenvalue weighted by Crippen LogP contribution is 2.30. The van der Waals surface area contributed by atoms with Crippen molar-refractivity contribution in [3.05, 3.63) is 46.8 Å². The molecule has 1 N–H and O–H groups in total. The first-order chi connectivity index (χ1) is 12.2. The molecule has 1 aromatic carbocycles. The van der Waals surface area contributed by atoms with E-state index in [0.29, 0.717) is 18.7 Å². The largest absolute Gasteiger partial charge is 0.416 e. The summed E-state index contributed by atoms with van der Waals surface area (Å²) >= 11 is 0.892. The lowest BCUT2D eigenvalue weighted by Gasteiger charge is -2.13. The van der Waals surface area contributed by atoms with E-state index in [2.05, 4.69) is 4.72 Å². The van der Waals surface area contributed by atoms with Gasteiger partial charge in [0.15, 0.2) is 0 Å². The van der Waals surface area contributed by atoms with E-state index >= 15 is 0 Å². The Bertz CT molecular complexity index is 900. The SMILES string of the molecule is O=C(c1csc(S(=O)(=O)Nc2ccc(C(F)(F)F)cc2)c1)N1CCCC1. The van der Waals surface area contributed by atoms with E-state index in [4.69, 9.17) is 0 Å². The molecule has 1 fully saturated rings. The van der Waals surface area contributed by atoms with Crippen LogP contribution in [0.15, 0.2) is 39.9 Å². The van der Waals surface area contributed by atoms with Gasteiger partial charge in [-0.3, -0.25) is 9.52 Å². The van der Waals surface area contributed by atoms with E-state index in [1.807, 2.05) is 0 Å². The molecule has 140 valence electrons. The van der Waals surface area contributed by atoms with Crippen LogP contribution in [0, 0.1) is 0 Å². The second kappa shape index (κ2) is 6.92. The lowest BCUT2D eigenvalue weighted by molar-refractivity contribution is -0.137. The maximum absolute atomic E-state index is 12.6. The van der Waals surface area contributed by atoms with Crippen molar-refractivity contribution in [2.24, 2.45) is 0 Å². The van der Waals surface area contributed by atoms with Gasteiger partial charge in [-0.25, -0.2) is 8.42 Å². The van der Waals surface area contributed by atoms with Crippen LogP contribution in [-0.4, -0.2) is 32.3 Å². The van der Waals surface area contributed by atoms with E-state index in [1.165, 1.54) is 11.4 Å². The van der Waals surface area contributed by atoms with Crippen LogP contribution in [0.25, 0.3) is 0 Å². The van der Waals surface area contributed by atoms with Crippen LogP contribution in [-0.2, 0) is 16.2 Å². The Morgan fingerprint density at radius 1 is 1.12 bits per heavy atom. The highest BCUT2D eigenvalue weighted by Gasteiger charge is 2.30. The van der Waals surface area contributed by atoms with Crippen molar-refractivity contribution in [1.29, 1.82) is 0 Å². The summed E-state index contributed by atoms with van der Waals surface area (Å²) in [5.41, 5.74) is -0.557. The number of thiophene rings is 1. The number of sulfonamides is 1. The Morgan fingerprint density at radius 2 is 1.73 bits per heavy atom. The summed E-state index contributed by atoms with van der Waals surface area (Å²) in [6.07, 6.45) is -2.64. The first-order valence-corrected chi connectivity index (χ1v) is 10.1. The molecule has 0 atom stereocenters. The Labute approximate surface area is 152 Å². The third-order valence-electron chi connectivity index (χ3n) is 3.94. The highest BCUT2D eigenvalue weighted by atomic mass is 32.2. The highest BCUT2D eigenvalue weighted by molar-refractivity contribution is 7.94. The first kappa shape index (κ1) is 18.7. The van der Waals surface area contributed by atoms with Crippen LogP contribution in [0.5, 0.6) is 0 Å². The number of likely N-dealkylation sites (tertiary alicyclic amines) is 1. The van der Waals surface area contributed by atoms with Crippen LogP contribution in [0.3, 0.4) is 0 Å². The van der Waals surface area contributed by atoms with E-state index in [0.717, 1.165) is 48.4 Å². The van der Waals surface area contributed by atoms with Crippen molar-refractivity contribution in [1.82, 2.24) is 4.90 Å². The third-order valence-corrected chi connectivity index (χ3v) is 6.77. The fraction of sp³-hybridized carbons (Fsp3) is 0.312. The van der Waals surface area contributed by atoms with Gasteiger partial charge in [-0.2, -0.15) is 13.2 Å². The zero-order valence-corrected chi connectivity index (χ0v) is 15.0. The second-order valence-corrected chi connectivity index (χ2v) is 8.65. The molecule has 10 heteroatoms. The molecule has 1 aromatic heterocycles. The summed E-state index contributed by atoms with van der Waals surface area (Å²) in [4.78, 5) is 14.0. The van der Waals surface area contributed by atoms with Gasteiger partial charge in [0, 0.05) is 24.2 Å². The Hall–Kier alpha value is -2.07. The first-order valence-electron chi connectivity index (χ1n) is 7.75. The third kappa shape index (κ3) is 4.01. The van der Waals surface area contributed by atoms with Crippen LogP contribution >= 0.6 is 11.3 Å². The summed E-state index contributed by atoms with van der Waals surface area (Å²) in [6.45, 7) is 1.31. The molecular weight excluding hydrogens is 389 g/mol. The summed E-state index contributed by atoms with van der Waals surface area (Å²) in [5.74, 6) is -0.213. The van der Waals surface area contributed by atoms with Gasteiger partial charge in [-0.05, 0) is 43.2 Å². The van der Waals surface area contributed by atoms with E-state index in [9.17, 15) is 26.4 Å². The molecule has 0 unspecified atom stereocenters. The number of carbonyl (C=O) groups excluding carboxylic acids is 1. The summed E-state index contributed by atoms with van der Waals surface area (Å²) < 4.78 is 64.6. The Kier molecular flexibility index (Phi) is 4.98. The molecule has 0 spiro atoms. The average molecular weight is 404 g/mol. The normalized spacial score (nSPS) is 15.3. The number of benzene rings is 1. The average Bonchev–Trinajstić information content (AvgIpc) is 3.26. The minimum atomic E-state index is -4.49. The number of amides is 1. The molecule has 0 aliphatic carbocycles. The van der Waals surface area contributed by atoms with Gasteiger partial charge in [-0.15, -0.1) is 11.3 Å². The predicted octanol–water partition coefficient (Wildman–Crippen LogP) is 3.80. The van der Waals surface area contributed by atoms with Crippen LogP contribution in [0.4, 0.5) is 18.9 Å². The van der Waals surface area contributed by atoms with Crippen molar-refractivity contribution in [2.45, 2.75) is 23.2 Å². The molecule has 5 nitrogen and oxygen atoms in total. The van der Waals surface area contributed by atoms with Crippen molar-refractivity contribution in [2.75, 3.05) is 17.8 Å². The van der Waals surface area contributed by atoms with E-state index in [-0.39, 0.29) is 15.8 Å². The van der Waals surface area contributed by atoms with Gasteiger partial charge in [0.25, 0.3) is 15.9 Å².